The fourth-order valence-electron chi connectivity index (χ4n) is 2.74. The highest BCUT2D eigenvalue weighted by atomic mass is 19.3. The van der Waals surface area contributed by atoms with E-state index in [1.807, 2.05) is 25.1 Å². The van der Waals surface area contributed by atoms with Gasteiger partial charge in [0.1, 0.15) is 12.1 Å². The number of hydrogen-bond donors (Lipinski definition) is 2. The second-order valence-electron chi connectivity index (χ2n) is 6.14. The first kappa shape index (κ1) is 19.3. The third-order valence-electron chi connectivity index (χ3n) is 4.17. The van der Waals surface area contributed by atoms with Crippen LogP contribution in [-0.4, -0.2) is 32.6 Å². The summed E-state index contributed by atoms with van der Waals surface area (Å²) in [5.41, 5.74) is 3.88. The largest absolute Gasteiger partial charge is 0.465 e. The maximum Gasteiger partial charge on any atom is 0.404 e. The summed E-state index contributed by atoms with van der Waals surface area (Å²) in [6.07, 6.45) is 0.433. The zero-order chi connectivity index (χ0) is 20.3. The van der Waals surface area contributed by atoms with Crippen LogP contribution in [0, 0.1) is 13.8 Å². The maximum atomic E-state index is 12.3. The molecule has 0 aliphatic heterocycles. The molecule has 0 radical (unpaired) electrons. The smallest absolute Gasteiger partial charge is 0.404 e. The summed E-state index contributed by atoms with van der Waals surface area (Å²) in [7, 11) is 0. The van der Waals surface area contributed by atoms with E-state index in [1.54, 1.807) is 17.7 Å². The number of aromatic nitrogens is 3. The van der Waals surface area contributed by atoms with Gasteiger partial charge in [0.05, 0.1) is 5.69 Å². The van der Waals surface area contributed by atoms with Gasteiger partial charge in [0, 0.05) is 12.1 Å². The van der Waals surface area contributed by atoms with Crippen molar-refractivity contribution in [2.24, 2.45) is 0 Å². The molecule has 9 heteroatoms. The number of benzene rings is 2. The molecule has 3 aromatic rings. The molecule has 3 rings (SSSR count). The second-order valence-corrected chi connectivity index (χ2v) is 6.14. The molecule has 2 N–H and O–H groups in total. The fourth-order valence-corrected chi connectivity index (χ4v) is 2.74. The molecule has 1 heterocycles. The molecule has 0 aliphatic carbocycles. The molecule has 28 heavy (non-hydrogen) atoms. The predicted molar refractivity (Wildman–Crippen MR) is 97.8 cm³/mol. The van der Waals surface area contributed by atoms with Crippen molar-refractivity contribution in [2.45, 2.75) is 27.0 Å². The Kier molecular flexibility index (Phi) is 5.53. The molecule has 0 bridgehead atoms. The van der Waals surface area contributed by atoms with Crippen LogP contribution in [0.2, 0.25) is 0 Å². The molecular formula is C19H18F2N4O3. The molecule has 0 spiro atoms. The number of hydrogen-bond acceptors (Lipinski definition) is 4. The fraction of sp³-hybridized carbons (Fsp3) is 0.211. The lowest BCUT2D eigenvalue weighted by Gasteiger charge is -2.09. The van der Waals surface area contributed by atoms with Crippen LogP contribution in [0.15, 0.2) is 42.7 Å². The van der Waals surface area contributed by atoms with E-state index in [0.717, 1.165) is 16.7 Å². The third kappa shape index (κ3) is 4.43. The van der Waals surface area contributed by atoms with Gasteiger partial charge in [-0.15, -0.1) is 5.10 Å². The maximum absolute atomic E-state index is 12.3. The molecule has 7 nitrogen and oxygen atoms in total. The molecule has 0 fully saturated rings. The van der Waals surface area contributed by atoms with Gasteiger partial charge < -0.3 is 15.2 Å². The molecular weight excluding hydrogens is 370 g/mol. The van der Waals surface area contributed by atoms with E-state index in [9.17, 15) is 13.6 Å². The first-order valence-electron chi connectivity index (χ1n) is 8.37. The van der Waals surface area contributed by atoms with Crippen LogP contribution in [0.5, 0.6) is 5.75 Å². The Morgan fingerprint density at radius 1 is 1.21 bits per heavy atom. The Morgan fingerprint density at radius 3 is 2.68 bits per heavy atom. The normalized spacial score (nSPS) is 10.9. The lowest BCUT2D eigenvalue weighted by Crippen LogP contribution is -2.20. The Balaban J connectivity index is 1.86. The molecule has 146 valence electrons. The van der Waals surface area contributed by atoms with Crippen molar-refractivity contribution in [1.82, 2.24) is 20.1 Å². The third-order valence-corrected chi connectivity index (χ3v) is 4.17. The average Bonchev–Trinajstić information content (AvgIpc) is 3.10. The average molecular weight is 388 g/mol. The van der Waals surface area contributed by atoms with Crippen molar-refractivity contribution in [3.8, 4) is 22.8 Å². The number of ether oxygens (including phenoxy) is 1. The number of rotatable bonds is 6. The number of amides is 1. The summed E-state index contributed by atoms with van der Waals surface area (Å²) in [6.45, 7) is 0.951. The summed E-state index contributed by atoms with van der Waals surface area (Å²) in [5.74, 6) is 0.537. The SMILES string of the molecule is Cc1ccc(-c2ncn(-c3ccc(OC(F)F)cc3C)n2)cc1CNC(=O)O. The molecule has 2 aromatic carbocycles. The van der Waals surface area contributed by atoms with E-state index >= 15 is 0 Å². The zero-order valence-corrected chi connectivity index (χ0v) is 15.2. The number of nitrogens with zero attached hydrogens (tertiary/aromatic N) is 3. The van der Waals surface area contributed by atoms with Crippen molar-refractivity contribution in [1.29, 1.82) is 0 Å². The van der Waals surface area contributed by atoms with Crippen molar-refractivity contribution < 1.29 is 23.4 Å². The van der Waals surface area contributed by atoms with Crippen molar-refractivity contribution in [3.63, 3.8) is 0 Å². The van der Waals surface area contributed by atoms with Gasteiger partial charge >= 0.3 is 12.7 Å². The molecule has 0 aliphatic rings. The van der Waals surface area contributed by atoms with Gasteiger partial charge in [-0.2, -0.15) is 8.78 Å². The molecule has 1 aromatic heterocycles. The van der Waals surface area contributed by atoms with Crippen molar-refractivity contribution >= 4 is 6.09 Å². The van der Waals surface area contributed by atoms with Gasteiger partial charge in [0.25, 0.3) is 0 Å². The van der Waals surface area contributed by atoms with Crippen LogP contribution in [0.4, 0.5) is 13.6 Å². The molecule has 1 amide bonds. The highest BCUT2D eigenvalue weighted by Crippen LogP contribution is 2.24. The van der Waals surface area contributed by atoms with E-state index < -0.39 is 12.7 Å². The van der Waals surface area contributed by atoms with Crippen LogP contribution >= 0.6 is 0 Å². The number of alkyl halides is 2. The van der Waals surface area contributed by atoms with Gasteiger partial charge in [-0.25, -0.2) is 14.5 Å². The van der Waals surface area contributed by atoms with Crippen molar-refractivity contribution in [3.05, 3.63) is 59.4 Å². The number of halogens is 2. The number of aryl methyl sites for hydroxylation is 2. The minimum absolute atomic E-state index is 0.0747. The Morgan fingerprint density at radius 2 is 2.00 bits per heavy atom. The lowest BCUT2D eigenvalue weighted by atomic mass is 10.0. The molecule has 0 saturated heterocycles. The highest BCUT2D eigenvalue weighted by molar-refractivity contribution is 5.65. The van der Waals surface area contributed by atoms with Crippen LogP contribution < -0.4 is 10.1 Å². The van der Waals surface area contributed by atoms with E-state index in [0.29, 0.717) is 17.1 Å². The van der Waals surface area contributed by atoms with Gasteiger partial charge in [-0.1, -0.05) is 12.1 Å². The van der Waals surface area contributed by atoms with E-state index in [2.05, 4.69) is 20.1 Å². The van der Waals surface area contributed by atoms with E-state index in [1.165, 1.54) is 18.5 Å². The predicted octanol–water partition coefficient (Wildman–Crippen LogP) is 3.92. The Hall–Kier alpha value is -3.49. The number of carbonyl (C=O) groups is 1. The van der Waals surface area contributed by atoms with Gasteiger partial charge in [0.2, 0.25) is 0 Å². The van der Waals surface area contributed by atoms with E-state index in [-0.39, 0.29) is 12.3 Å². The Labute approximate surface area is 159 Å². The number of carboxylic acid groups (broad SMARTS) is 1. The number of nitrogens with one attached hydrogen (secondary N) is 1. The summed E-state index contributed by atoms with van der Waals surface area (Å²) in [6, 6.07) is 10.1. The van der Waals surface area contributed by atoms with E-state index in [4.69, 9.17) is 5.11 Å². The van der Waals surface area contributed by atoms with Gasteiger partial charge in [0.15, 0.2) is 5.82 Å². The zero-order valence-electron chi connectivity index (χ0n) is 15.2. The summed E-state index contributed by atoms with van der Waals surface area (Å²) in [5, 5.41) is 15.6. The summed E-state index contributed by atoms with van der Waals surface area (Å²) >= 11 is 0. The second kappa shape index (κ2) is 8.03. The highest BCUT2D eigenvalue weighted by Gasteiger charge is 2.11. The minimum atomic E-state index is -2.88. The first-order chi connectivity index (χ1) is 13.3. The van der Waals surface area contributed by atoms with Gasteiger partial charge in [-0.05, 0) is 54.8 Å². The van der Waals surface area contributed by atoms with Gasteiger partial charge in [-0.3, -0.25) is 0 Å². The van der Waals surface area contributed by atoms with Crippen LogP contribution in [0.25, 0.3) is 17.1 Å². The molecule has 0 saturated carbocycles. The van der Waals surface area contributed by atoms with Crippen LogP contribution in [-0.2, 0) is 6.54 Å². The molecule has 0 atom stereocenters. The van der Waals surface area contributed by atoms with Crippen LogP contribution in [0.3, 0.4) is 0 Å². The first-order valence-corrected chi connectivity index (χ1v) is 8.37. The quantitative estimate of drug-likeness (QED) is 0.668. The lowest BCUT2D eigenvalue weighted by molar-refractivity contribution is -0.0498. The monoisotopic (exact) mass is 388 g/mol. The minimum Gasteiger partial charge on any atom is -0.465 e. The summed E-state index contributed by atoms with van der Waals surface area (Å²) in [4.78, 5) is 15.0. The van der Waals surface area contributed by atoms with Crippen LogP contribution in [0.1, 0.15) is 16.7 Å². The van der Waals surface area contributed by atoms with Crippen molar-refractivity contribution in [2.75, 3.05) is 0 Å². The Bertz CT molecular complexity index is 1000. The molecule has 0 unspecified atom stereocenters. The summed E-state index contributed by atoms with van der Waals surface area (Å²) < 4.78 is 30.6. The topological polar surface area (TPSA) is 89.3 Å². The standard InChI is InChI=1S/C19H18F2N4O3/c1-11-3-4-13(8-14(11)9-22-19(26)27)17-23-10-25(24-17)16-6-5-15(7-12(16)2)28-18(20)21/h3-8,10,18,22H,9H2,1-2H3,(H,26,27).